The highest BCUT2D eigenvalue weighted by molar-refractivity contribution is 5.79. The number of hydrogen-bond acceptors (Lipinski definition) is 4. The summed E-state index contributed by atoms with van der Waals surface area (Å²) >= 11 is 0. The lowest BCUT2D eigenvalue weighted by Crippen LogP contribution is -2.42. The van der Waals surface area contributed by atoms with E-state index in [-0.39, 0.29) is 23.7 Å². The zero-order valence-corrected chi connectivity index (χ0v) is 11.6. The molecule has 2 rings (SSSR count). The van der Waals surface area contributed by atoms with Crippen molar-refractivity contribution in [3.63, 3.8) is 0 Å². The maximum absolute atomic E-state index is 12.4. The van der Waals surface area contributed by atoms with Crippen LogP contribution in [0.5, 0.6) is 0 Å². The largest absolute Gasteiger partial charge is 0.435 e. The molecule has 0 saturated heterocycles. The van der Waals surface area contributed by atoms with Gasteiger partial charge in [0.05, 0.1) is 5.92 Å². The number of carbonyl (C=O) groups is 1. The highest BCUT2D eigenvalue weighted by atomic mass is 19.4. The number of nitrogens with one attached hydrogen (secondary N) is 2. The second-order valence-electron chi connectivity index (χ2n) is 5.06. The van der Waals surface area contributed by atoms with Crippen LogP contribution in [0.1, 0.15) is 31.4 Å². The van der Waals surface area contributed by atoms with E-state index in [2.05, 4.69) is 20.8 Å². The minimum atomic E-state index is -4.50. The molecule has 8 heteroatoms. The van der Waals surface area contributed by atoms with Crippen LogP contribution in [-0.4, -0.2) is 29.2 Å². The Kier molecular flexibility index (Phi) is 4.64. The molecule has 1 aromatic heterocycles. The quantitative estimate of drug-likeness (QED) is 0.898. The molecule has 2 atom stereocenters. The van der Waals surface area contributed by atoms with Crippen molar-refractivity contribution in [1.82, 2.24) is 15.5 Å². The summed E-state index contributed by atoms with van der Waals surface area (Å²) in [7, 11) is 1.58. The van der Waals surface area contributed by atoms with E-state index in [1.54, 1.807) is 7.05 Å². The van der Waals surface area contributed by atoms with Gasteiger partial charge in [-0.15, -0.1) is 10.2 Å². The molecule has 21 heavy (non-hydrogen) atoms. The number of alkyl halides is 3. The molecule has 1 saturated carbocycles. The molecular formula is C13H17F3N4O. The number of nitrogens with zero attached hydrogens (tertiary/aromatic N) is 2. The van der Waals surface area contributed by atoms with Crippen LogP contribution in [0.15, 0.2) is 12.1 Å². The first kappa shape index (κ1) is 15.5. The van der Waals surface area contributed by atoms with Crippen LogP contribution in [0, 0.1) is 5.92 Å². The van der Waals surface area contributed by atoms with E-state index < -0.39 is 11.9 Å². The van der Waals surface area contributed by atoms with Gasteiger partial charge in [0.2, 0.25) is 5.91 Å². The monoisotopic (exact) mass is 302 g/mol. The van der Waals surface area contributed by atoms with Crippen molar-refractivity contribution in [3.8, 4) is 0 Å². The highest BCUT2D eigenvalue weighted by Crippen LogP contribution is 2.29. The summed E-state index contributed by atoms with van der Waals surface area (Å²) in [5, 5.41) is 12.4. The van der Waals surface area contributed by atoms with Crippen molar-refractivity contribution in [2.75, 3.05) is 12.4 Å². The van der Waals surface area contributed by atoms with Crippen LogP contribution >= 0.6 is 0 Å². The Morgan fingerprint density at radius 2 is 1.95 bits per heavy atom. The average Bonchev–Trinajstić information content (AvgIpc) is 2.46. The molecule has 1 fully saturated rings. The summed E-state index contributed by atoms with van der Waals surface area (Å²) in [5.74, 6) is -0.0104. The Morgan fingerprint density at radius 1 is 1.24 bits per heavy atom. The number of anilines is 1. The lowest BCUT2D eigenvalue weighted by Gasteiger charge is -2.31. The van der Waals surface area contributed by atoms with Crippen LogP contribution in [0.4, 0.5) is 19.0 Å². The Morgan fingerprint density at radius 3 is 2.52 bits per heavy atom. The van der Waals surface area contributed by atoms with E-state index in [0.29, 0.717) is 0 Å². The van der Waals surface area contributed by atoms with Gasteiger partial charge in [-0.1, -0.05) is 12.8 Å². The molecular weight excluding hydrogens is 285 g/mol. The Labute approximate surface area is 120 Å². The van der Waals surface area contributed by atoms with E-state index >= 15 is 0 Å². The minimum Gasteiger partial charge on any atom is -0.365 e. The second kappa shape index (κ2) is 6.28. The third-order valence-electron chi connectivity index (χ3n) is 3.64. The predicted octanol–water partition coefficient (Wildman–Crippen LogP) is 2.21. The van der Waals surface area contributed by atoms with E-state index in [0.717, 1.165) is 31.7 Å². The standard InChI is InChI=1S/C13H17F3N4O/c1-17-12(21)8-4-2-3-5-9(8)18-11-7-6-10(19-20-11)13(14,15)16/h6-9H,2-5H2,1H3,(H,17,21)(H,18,20)/t8-,9-/m0/s1. The number of hydrogen-bond donors (Lipinski definition) is 2. The zero-order valence-electron chi connectivity index (χ0n) is 11.6. The van der Waals surface area contributed by atoms with Crippen LogP contribution in [0.2, 0.25) is 0 Å². The molecule has 0 spiro atoms. The van der Waals surface area contributed by atoms with Crippen LogP contribution in [0.3, 0.4) is 0 Å². The van der Waals surface area contributed by atoms with Gasteiger partial charge in [0.1, 0.15) is 5.82 Å². The lowest BCUT2D eigenvalue weighted by atomic mass is 9.84. The first-order chi connectivity index (χ1) is 9.91. The Balaban J connectivity index is 2.07. The van der Waals surface area contributed by atoms with Gasteiger partial charge in [0, 0.05) is 13.1 Å². The first-order valence-corrected chi connectivity index (χ1v) is 6.81. The molecule has 0 radical (unpaired) electrons. The predicted molar refractivity (Wildman–Crippen MR) is 70.5 cm³/mol. The molecule has 0 unspecified atom stereocenters. The molecule has 1 aliphatic carbocycles. The zero-order chi connectivity index (χ0) is 15.5. The van der Waals surface area contributed by atoms with Crippen molar-refractivity contribution >= 4 is 11.7 Å². The van der Waals surface area contributed by atoms with Gasteiger partial charge in [0.25, 0.3) is 0 Å². The van der Waals surface area contributed by atoms with E-state index in [1.165, 1.54) is 6.07 Å². The summed E-state index contributed by atoms with van der Waals surface area (Å²) in [4.78, 5) is 11.8. The van der Waals surface area contributed by atoms with Crippen molar-refractivity contribution in [1.29, 1.82) is 0 Å². The maximum Gasteiger partial charge on any atom is 0.435 e. The summed E-state index contributed by atoms with van der Waals surface area (Å²) in [6, 6.07) is 1.99. The molecule has 116 valence electrons. The van der Waals surface area contributed by atoms with Crippen molar-refractivity contribution < 1.29 is 18.0 Å². The molecule has 5 nitrogen and oxygen atoms in total. The SMILES string of the molecule is CNC(=O)[C@H]1CCCC[C@@H]1Nc1ccc(C(F)(F)F)nn1. The van der Waals surface area contributed by atoms with Crippen LogP contribution in [-0.2, 0) is 11.0 Å². The number of rotatable bonds is 3. The van der Waals surface area contributed by atoms with E-state index in [1.807, 2.05) is 0 Å². The molecule has 1 amide bonds. The molecule has 1 aromatic rings. The smallest absolute Gasteiger partial charge is 0.365 e. The molecule has 2 N–H and O–H groups in total. The number of aromatic nitrogens is 2. The summed E-state index contributed by atoms with van der Waals surface area (Å²) in [6.07, 6.45) is -1.03. The van der Waals surface area contributed by atoms with Crippen LogP contribution < -0.4 is 10.6 Å². The highest BCUT2D eigenvalue weighted by Gasteiger charge is 2.34. The van der Waals surface area contributed by atoms with Crippen molar-refractivity contribution in [2.24, 2.45) is 5.92 Å². The second-order valence-corrected chi connectivity index (χ2v) is 5.06. The number of halogens is 3. The van der Waals surface area contributed by atoms with Gasteiger partial charge in [-0.3, -0.25) is 4.79 Å². The fourth-order valence-corrected chi connectivity index (χ4v) is 2.55. The van der Waals surface area contributed by atoms with Gasteiger partial charge < -0.3 is 10.6 Å². The lowest BCUT2D eigenvalue weighted by molar-refractivity contribution is -0.141. The van der Waals surface area contributed by atoms with E-state index in [4.69, 9.17) is 0 Å². The third kappa shape index (κ3) is 3.83. The maximum atomic E-state index is 12.4. The normalized spacial score (nSPS) is 22.7. The molecule has 0 aromatic carbocycles. The fraction of sp³-hybridized carbons (Fsp3) is 0.615. The fourth-order valence-electron chi connectivity index (χ4n) is 2.55. The molecule has 1 heterocycles. The summed E-state index contributed by atoms with van der Waals surface area (Å²) in [6.45, 7) is 0. The third-order valence-corrected chi connectivity index (χ3v) is 3.64. The van der Waals surface area contributed by atoms with Gasteiger partial charge >= 0.3 is 6.18 Å². The summed E-state index contributed by atoms with van der Waals surface area (Å²) in [5.41, 5.74) is -1.03. The minimum absolute atomic E-state index is 0.0629. The van der Waals surface area contributed by atoms with E-state index in [9.17, 15) is 18.0 Å². The summed E-state index contributed by atoms with van der Waals surface area (Å²) < 4.78 is 37.2. The Hall–Kier alpha value is -1.86. The molecule has 0 bridgehead atoms. The number of amides is 1. The Bertz CT molecular complexity index is 489. The van der Waals surface area contributed by atoms with Gasteiger partial charge in [-0.2, -0.15) is 13.2 Å². The van der Waals surface area contributed by atoms with Gasteiger partial charge in [-0.25, -0.2) is 0 Å². The topological polar surface area (TPSA) is 66.9 Å². The molecule has 0 aliphatic heterocycles. The van der Waals surface area contributed by atoms with Gasteiger partial charge in [-0.05, 0) is 25.0 Å². The van der Waals surface area contributed by atoms with Crippen LogP contribution in [0.25, 0.3) is 0 Å². The molecule has 1 aliphatic rings. The first-order valence-electron chi connectivity index (χ1n) is 6.81. The average molecular weight is 302 g/mol. The van der Waals surface area contributed by atoms with Crippen molar-refractivity contribution in [2.45, 2.75) is 37.9 Å². The van der Waals surface area contributed by atoms with Gasteiger partial charge in [0.15, 0.2) is 5.69 Å². The van der Waals surface area contributed by atoms with Crippen molar-refractivity contribution in [3.05, 3.63) is 17.8 Å². The number of carbonyl (C=O) groups excluding carboxylic acids is 1.